The molecule has 2 amide bonds. The van der Waals surface area contributed by atoms with Crippen LogP contribution in [-0.2, 0) is 0 Å². The van der Waals surface area contributed by atoms with Gasteiger partial charge in [-0.3, -0.25) is 14.8 Å². The highest BCUT2D eigenvalue weighted by atomic mass is 16.5. The van der Waals surface area contributed by atoms with Crippen LogP contribution in [0.4, 0.5) is 5.69 Å². The van der Waals surface area contributed by atoms with Crippen LogP contribution < -0.4 is 15.8 Å². The molecule has 2 rings (SSSR count). The van der Waals surface area contributed by atoms with Gasteiger partial charge in [0.15, 0.2) is 0 Å². The molecule has 0 radical (unpaired) electrons. The van der Waals surface area contributed by atoms with Crippen molar-refractivity contribution in [3.63, 3.8) is 0 Å². The smallest absolute Gasteiger partial charge is 0.274 e. The number of carbonyl (C=O) groups excluding carboxylic acids is 2. The van der Waals surface area contributed by atoms with Crippen molar-refractivity contribution in [1.29, 1.82) is 0 Å². The molecule has 0 saturated carbocycles. The Kier molecular flexibility index (Phi) is 5.64. The minimum atomic E-state index is -0.590. The predicted octanol–water partition coefficient (Wildman–Crippen LogP) is 1.64. The number of hydrogen-bond acceptors (Lipinski definition) is 5. The van der Waals surface area contributed by atoms with Gasteiger partial charge >= 0.3 is 0 Å². The first-order chi connectivity index (χ1) is 11.5. The van der Waals surface area contributed by atoms with E-state index in [1.807, 2.05) is 31.1 Å². The van der Waals surface area contributed by atoms with Crippen LogP contribution in [0.3, 0.4) is 0 Å². The van der Waals surface area contributed by atoms with Crippen molar-refractivity contribution in [3.8, 4) is 0 Å². The fourth-order valence-electron chi connectivity index (χ4n) is 1.93. The Hall–Kier alpha value is -3.19. The third-order valence-corrected chi connectivity index (χ3v) is 3.30. The van der Waals surface area contributed by atoms with Crippen LogP contribution in [-0.4, -0.2) is 37.3 Å². The van der Waals surface area contributed by atoms with Crippen LogP contribution in [0, 0.1) is 0 Å². The van der Waals surface area contributed by atoms with Crippen molar-refractivity contribution in [2.75, 3.05) is 19.0 Å². The molecule has 3 N–H and O–H groups in total. The summed E-state index contributed by atoms with van der Waals surface area (Å²) in [4.78, 5) is 25.1. The Morgan fingerprint density at radius 2 is 1.50 bits per heavy atom. The van der Waals surface area contributed by atoms with E-state index in [4.69, 9.17) is 5.21 Å². The van der Waals surface area contributed by atoms with Gasteiger partial charge in [-0.15, -0.1) is 0 Å². The molecule has 7 heteroatoms. The van der Waals surface area contributed by atoms with Crippen LogP contribution in [0.5, 0.6) is 0 Å². The lowest BCUT2D eigenvalue weighted by molar-refractivity contribution is 0.0706. The zero-order chi connectivity index (χ0) is 17.5. The summed E-state index contributed by atoms with van der Waals surface area (Å²) in [6, 6.07) is 13.5. The molecule has 0 fully saturated rings. The van der Waals surface area contributed by atoms with E-state index in [1.54, 1.807) is 29.7 Å². The van der Waals surface area contributed by atoms with E-state index < -0.39 is 5.91 Å². The van der Waals surface area contributed by atoms with Gasteiger partial charge in [-0.05, 0) is 42.0 Å². The van der Waals surface area contributed by atoms with Gasteiger partial charge in [0.1, 0.15) is 0 Å². The molecule has 0 unspecified atom stereocenters. The number of nitrogens with one attached hydrogen (secondary N) is 2. The fraction of sp³-hybridized carbons (Fsp3) is 0.118. The second kappa shape index (κ2) is 7.89. The average molecular weight is 326 g/mol. The van der Waals surface area contributed by atoms with E-state index in [0.29, 0.717) is 16.7 Å². The fourth-order valence-corrected chi connectivity index (χ4v) is 1.93. The van der Waals surface area contributed by atoms with Crippen molar-refractivity contribution in [3.05, 3.63) is 65.2 Å². The minimum Gasteiger partial charge on any atom is -0.378 e. The molecule has 0 heterocycles. The normalized spacial score (nSPS) is 10.5. The minimum absolute atomic E-state index is 0.312. The Morgan fingerprint density at radius 3 is 2.04 bits per heavy atom. The molecule has 2 aromatic carbocycles. The van der Waals surface area contributed by atoms with Gasteiger partial charge in [0.25, 0.3) is 11.8 Å². The first kappa shape index (κ1) is 17.2. The third kappa shape index (κ3) is 4.40. The number of amides is 2. The lowest BCUT2D eigenvalue weighted by atomic mass is 10.1. The first-order valence-electron chi connectivity index (χ1n) is 7.16. The largest absolute Gasteiger partial charge is 0.378 e. The third-order valence-electron chi connectivity index (χ3n) is 3.30. The van der Waals surface area contributed by atoms with Gasteiger partial charge in [0.05, 0.1) is 6.21 Å². The van der Waals surface area contributed by atoms with Gasteiger partial charge < -0.3 is 4.90 Å². The second-order valence-corrected chi connectivity index (χ2v) is 5.20. The predicted molar refractivity (Wildman–Crippen MR) is 91.5 cm³/mol. The van der Waals surface area contributed by atoms with Crippen LogP contribution in [0.15, 0.2) is 53.6 Å². The Morgan fingerprint density at radius 1 is 0.958 bits per heavy atom. The summed E-state index contributed by atoms with van der Waals surface area (Å²) in [5.74, 6) is -0.902. The van der Waals surface area contributed by atoms with Gasteiger partial charge in [0.2, 0.25) is 0 Å². The molecular formula is C17H18N4O3. The summed E-state index contributed by atoms with van der Waals surface area (Å²) in [5.41, 5.74) is 6.53. The van der Waals surface area contributed by atoms with Crippen LogP contribution >= 0.6 is 0 Å². The first-order valence-corrected chi connectivity index (χ1v) is 7.16. The maximum Gasteiger partial charge on any atom is 0.274 e. The molecular weight excluding hydrogens is 308 g/mol. The molecule has 7 nitrogen and oxygen atoms in total. The Balaban J connectivity index is 1.95. The highest BCUT2D eigenvalue weighted by molar-refractivity contribution is 5.96. The summed E-state index contributed by atoms with van der Waals surface area (Å²) < 4.78 is 0. The number of anilines is 1. The topological polar surface area (TPSA) is 94.0 Å². The summed E-state index contributed by atoms with van der Waals surface area (Å²) in [7, 11) is 3.85. The van der Waals surface area contributed by atoms with Crippen molar-refractivity contribution in [2.24, 2.45) is 5.10 Å². The van der Waals surface area contributed by atoms with Crippen molar-refractivity contribution in [1.82, 2.24) is 10.9 Å². The Labute approximate surface area is 139 Å². The number of carbonyl (C=O) groups is 2. The molecule has 0 spiro atoms. The lowest BCUT2D eigenvalue weighted by Gasteiger charge is -2.12. The highest BCUT2D eigenvalue weighted by Crippen LogP contribution is 2.12. The molecule has 124 valence electrons. The lowest BCUT2D eigenvalue weighted by Crippen LogP contribution is -2.18. The molecule has 0 aliphatic carbocycles. The van der Waals surface area contributed by atoms with E-state index in [1.165, 1.54) is 18.3 Å². The maximum absolute atomic E-state index is 12.0. The number of rotatable bonds is 5. The standard InChI is InChI=1S/C17H18N4O3/c1-21(2)15-9-7-13(8-10-15)16(22)19-18-11-12-3-5-14(6-4-12)17(23)20-24/h3-11,24H,1-2H3,(H,19,22)(H,20,23)/b18-11+. The average Bonchev–Trinajstić information content (AvgIpc) is 2.61. The molecule has 0 saturated heterocycles. The molecule has 0 aliphatic heterocycles. The number of benzene rings is 2. The van der Waals surface area contributed by atoms with E-state index in [2.05, 4.69) is 10.5 Å². The van der Waals surface area contributed by atoms with Gasteiger partial charge in [-0.2, -0.15) is 5.10 Å². The highest BCUT2D eigenvalue weighted by Gasteiger charge is 2.05. The molecule has 0 atom stereocenters. The van der Waals surface area contributed by atoms with Crippen molar-refractivity contribution in [2.45, 2.75) is 0 Å². The summed E-state index contributed by atoms with van der Waals surface area (Å²) in [6.45, 7) is 0. The number of hydroxylamine groups is 1. The van der Waals surface area contributed by atoms with Gasteiger partial charge in [0, 0.05) is 30.9 Å². The molecule has 24 heavy (non-hydrogen) atoms. The zero-order valence-corrected chi connectivity index (χ0v) is 13.4. The summed E-state index contributed by atoms with van der Waals surface area (Å²) in [6.07, 6.45) is 1.47. The van der Waals surface area contributed by atoms with Gasteiger partial charge in [-0.25, -0.2) is 10.9 Å². The van der Waals surface area contributed by atoms with E-state index >= 15 is 0 Å². The Bertz CT molecular complexity index is 737. The number of hydrazone groups is 1. The second-order valence-electron chi connectivity index (χ2n) is 5.20. The number of nitrogens with zero attached hydrogens (tertiary/aromatic N) is 2. The molecule has 0 aliphatic rings. The van der Waals surface area contributed by atoms with Crippen molar-refractivity contribution < 1.29 is 14.8 Å². The molecule has 0 bridgehead atoms. The summed E-state index contributed by atoms with van der Waals surface area (Å²) in [5, 5.41) is 12.4. The SMILES string of the molecule is CN(C)c1ccc(C(=O)N/N=C/c2ccc(C(=O)NO)cc2)cc1. The molecule has 2 aromatic rings. The quantitative estimate of drug-likeness (QED) is 0.442. The number of hydrogen-bond donors (Lipinski definition) is 3. The summed E-state index contributed by atoms with van der Waals surface area (Å²) >= 11 is 0. The van der Waals surface area contributed by atoms with Crippen LogP contribution in [0.1, 0.15) is 26.3 Å². The van der Waals surface area contributed by atoms with Crippen LogP contribution in [0.2, 0.25) is 0 Å². The van der Waals surface area contributed by atoms with E-state index in [-0.39, 0.29) is 5.91 Å². The van der Waals surface area contributed by atoms with Crippen molar-refractivity contribution >= 4 is 23.7 Å². The van der Waals surface area contributed by atoms with Crippen LogP contribution in [0.25, 0.3) is 0 Å². The zero-order valence-electron chi connectivity index (χ0n) is 13.4. The maximum atomic E-state index is 12.0. The van der Waals surface area contributed by atoms with E-state index in [9.17, 15) is 9.59 Å². The van der Waals surface area contributed by atoms with Gasteiger partial charge in [-0.1, -0.05) is 12.1 Å². The molecule has 0 aromatic heterocycles. The van der Waals surface area contributed by atoms with E-state index in [0.717, 1.165) is 5.69 Å². The monoisotopic (exact) mass is 326 g/mol.